The molecule has 1 saturated heterocycles. The van der Waals surface area contributed by atoms with E-state index in [1.165, 1.54) is 0 Å². The molecule has 2 amide bonds. The Labute approximate surface area is 101 Å². The van der Waals surface area contributed by atoms with Crippen LogP contribution in [0.25, 0.3) is 0 Å². The minimum atomic E-state index is -0.0991. The topological polar surface area (TPSA) is 69.6 Å². The predicted octanol–water partition coefficient (Wildman–Crippen LogP) is -0.257. The van der Waals surface area contributed by atoms with E-state index in [2.05, 4.69) is 5.32 Å². The molecule has 0 aromatic carbocycles. The van der Waals surface area contributed by atoms with E-state index in [1.807, 2.05) is 4.90 Å². The van der Waals surface area contributed by atoms with Crippen LogP contribution in [-0.2, 0) is 9.59 Å². The summed E-state index contributed by atoms with van der Waals surface area (Å²) in [4.78, 5) is 25.5. The second-order valence-corrected chi connectivity index (χ2v) is 4.91. The first-order valence-corrected chi connectivity index (χ1v) is 6.39. The van der Waals surface area contributed by atoms with Crippen LogP contribution >= 0.6 is 0 Å². The van der Waals surface area contributed by atoms with Gasteiger partial charge in [0.1, 0.15) is 0 Å². The van der Waals surface area contributed by atoms with Crippen LogP contribution < -0.4 is 5.32 Å². The minimum absolute atomic E-state index is 0.0349. The number of hydrogen-bond donors (Lipinski definition) is 2. The summed E-state index contributed by atoms with van der Waals surface area (Å²) in [6.07, 6.45) is 3.76. The Morgan fingerprint density at radius 2 is 2.00 bits per heavy atom. The Kier molecular flexibility index (Phi) is 3.99. The molecular weight excluding hydrogens is 220 g/mol. The maximum absolute atomic E-state index is 11.9. The molecule has 0 spiro atoms. The second kappa shape index (κ2) is 5.49. The molecule has 17 heavy (non-hydrogen) atoms. The Morgan fingerprint density at radius 3 is 2.65 bits per heavy atom. The smallest absolute Gasteiger partial charge is 0.225 e. The van der Waals surface area contributed by atoms with Gasteiger partial charge in [-0.15, -0.1) is 0 Å². The largest absolute Gasteiger partial charge is 0.395 e. The van der Waals surface area contributed by atoms with Crippen molar-refractivity contribution < 1.29 is 14.7 Å². The summed E-state index contributed by atoms with van der Waals surface area (Å²) in [6.45, 7) is 1.60. The summed E-state index contributed by atoms with van der Waals surface area (Å²) in [5.41, 5.74) is 0. The molecule has 1 heterocycles. The van der Waals surface area contributed by atoms with Crippen LogP contribution in [0.15, 0.2) is 0 Å². The Balaban J connectivity index is 1.83. The van der Waals surface area contributed by atoms with Crippen molar-refractivity contribution in [2.45, 2.75) is 25.7 Å². The highest BCUT2D eigenvalue weighted by atomic mass is 16.3. The quantitative estimate of drug-likeness (QED) is 0.711. The Morgan fingerprint density at radius 1 is 1.24 bits per heavy atom. The number of amides is 2. The number of hydrogen-bond acceptors (Lipinski definition) is 3. The molecule has 1 aliphatic carbocycles. The molecule has 2 rings (SSSR count). The van der Waals surface area contributed by atoms with Crippen molar-refractivity contribution in [3.8, 4) is 0 Å². The first-order valence-electron chi connectivity index (χ1n) is 6.39. The average molecular weight is 240 g/mol. The zero-order valence-electron chi connectivity index (χ0n) is 10.0. The van der Waals surface area contributed by atoms with Crippen molar-refractivity contribution in [1.29, 1.82) is 0 Å². The van der Waals surface area contributed by atoms with Crippen molar-refractivity contribution in [2.24, 2.45) is 11.8 Å². The standard InChI is InChI=1S/C12H20N2O3/c15-7-5-13-11(16)10-2-1-6-14(8-10)12(17)9-3-4-9/h9-10,15H,1-8H2,(H,13,16). The SMILES string of the molecule is O=C(NCCO)C1CCCN(C(=O)C2CC2)C1. The normalized spacial score (nSPS) is 24.5. The van der Waals surface area contributed by atoms with E-state index in [4.69, 9.17) is 5.11 Å². The number of piperidine rings is 1. The van der Waals surface area contributed by atoms with Gasteiger partial charge in [0.2, 0.25) is 11.8 Å². The third kappa shape index (κ3) is 3.19. The van der Waals surface area contributed by atoms with Crippen molar-refractivity contribution >= 4 is 11.8 Å². The summed E-state index contributed by atoms with van der Waals surface area (Å²) >= 11 is 0. The number of nitrogens with one attached hydrogen (secondary N) is 1. The third-order valence-electron chi connectivity index (χ3n) is 3.44. The lowest BCUT2D eigenvalue weighted by molar-refractivity contribution is -0.136. The number of aliphatic hydroxyl groups excluding tert-OH is 1. The predicted molar refractivity (Wildman–Crippen MR) is 62.1 cm³/mol. The average Bonchev–Trinajstić information content (AvgIpc) is 3.19. The molecule has 1 aliphatic heterocycles. The van der Waals surface area contributed by atoms with Gasteiger partial charge in [0.15, 0.2) is 0 Å². The van der Waals surface area contributed by atoms with Gasteiger partial charge in [-0.3, -0.25) is 9.59 Å². The molecule has 1 saturated carbocycles. The van der Waals surface area contributed by atoms with Crippen LogP contribution in [0.2, 0.25) is 0 Å². The molecule has 0 aromatic heterocycles. The van der Waals surface area contributed by atoms with Crippen molar-refractivity contribution in [1.82, 2.24) is 10.2 Å². The van der Waals surface area contributed by atoms with Crippen LogP contribution in [0.5, 0.6) is 0 Å². The summed E-state index contributed by atoms with van der Waals surface area (Å²) in [6, 6.07) is 0. The number of carbonyl (C=O) groups excluding carboxylic acids is 2. The van der Waals surface area contributed by atoms with Gasteiger partial charge >= 0.3 is 0 Å². The van der Waals surface area contributed by atoms with Gasteiger partial charge in [-0.25, -0.2) is 0 Å². The molecule has 1 atom stereocenters. The number of aliphatic hydroxyl groups is 1. The zero-order valence-corrected chi connectivity index (χ0v) is 10.0. The van der Waals surface area contributed by atoms with Gasteiger partial charge in [0, 0.05) is 25.6 Å². The van der Waals surface area contributed by atoms with E-state index < -0.39 is 0 Å². The summed E-state index contributed by atoms with van der Waals surface area (Å²) in [7, 11) is 0. The lowest BCUT2D eigenvalue weighted by Crippen LogP contribution is -2.46. The summed E-state index contributed by atoms with van der Waals surface area (Å²) in [5.74, 6) is 0.323. The van der Waals surface area contributed by atoms with E-state index in [0.29, 0.717) is 13.1 Å². The molecule has 0 radical (unpaired) electrons. The molecule has 1 unspecified atom stereocenters. The van der Waals surface area contributed by atoms with Crippen LogP contribution in [0.3, 0.4) is 0 Å². The van der Waals surface area contributed by atoms with Gasteiger partial charge in [0.25, 0.3) is 0 Å². The maximum Gasteiger partial charge on any atom is 0.225 e. The molecule has 0 bridgehead atoms. The third-order valence-corrected chi connectivity index (χ3v) is 3.44. The van der Waals surface area contributed by atoms with E-state index in [9.17, 15) is 9.59 Å². The van der Waals surface area contributed by atoms with Gasteiger partial charge < -0.3 is 15.3 Å². The van der Waals surface area contributed by atoms with Crippen LogP contribution in [0, 0.1) is 11.8 Å². The highest BCUT2D eigenvalue weighted by Crippen LogP contribution is 2.32. The highest BCUT2D eigenvalue weighted by molar-refractivity contribution is 5.83. The van der Waals surface area contributed by atoms with Gasteiger partial charge in [-0.05, 0) is 25.7 Å². The number of nitrogens with zero attached hydrogens (tertiary/aromatic N) is 1. The maximum atomic E-state index is 11.9. The molecular formula is C12H20N2O3. The van der Waals surface area contributed by atoms with E-state index in [1.54, 1.807) is 0 Å². The Bertz CT molecular complexity index is 302. The lowest BCUT2D eigenvalue weighted by Gasteiger charge is -2.32. The number of carbonyl (C=O) groups is 2. The molecule has 2 N–H and O–H groups in total. The minimum Gasteiger partial charge on any atom is -0.395 e. The fraction of sp³-hybridized carbons (Fsp3) is 0.833. The molecule has 2 fully saturated rings. The first kappa shape index (κ1) is 12.4. The summed E-state index contributed by atoms with van der Waals surface area (Å²) in [5, 5.41) is 11.3. The van der Waals surface area contributed by atoms with Gasteiger partial charge in [0.05, 0.1) is 12.5 Å². The monoisotopic (exact) mass is 240 g/mol. The molecule has 2 aliphatic rings. The van der Waals surface area contributed by atoms with E-state index >= 15 is 0 Å². The van der Waals surface area contributed by atoms with Gasteiger partial charge in [-0.2, -0.15) is 0 Å². The van der Waals surface area contributed by atoms with E-state index in [0.717, 1.165) is 32.2 Å². The number of rotatable bonds is 4. The molecule has 0 aromatic rings. The molecule has 5 nitrogen and oxygen atoms in total. The van der Waals surface area contributed by atoms with Crippen molar-refractivity contribution in [3.05, 3.63) is 0 Å². The summed E-state index contributed by atoms with van der Waals surface area (Å²) < 4.78 is 0. The fourth-order valence-electron chi connectivity index (χ4n) is 2.30. The fourth-order valence-corrected chi connectivity index (χ4v) is 2.30. The van der Waals surface area contributed by atoms with Crippen molar-refractivity contribution in [2.75, 3.05) is 26.2 Å². The molecule has 96 valence electrons. The van der Waals surface area contributed by atoms with Crippen LogP contribution in [0.4, 0.5) is 0 Å². The van der Waals surface area contributed by atoms with E-state index in [-0.39, 0.29) is 30.3 Å². The lowest BCUT2D eigenvalue weighted by atomic mass is 9.97. The molecule has 5 heteroatoms. The highest BCUT2D eigenvalue weighted by Gasteiger charge is 2.36. The zero-order chi connectivity index (χ0) is 12.3. The number of likely N-dealkylation sites (tertiary alicyclic amines) is 1. The first-order chi connectivity index (χ1) is 8.22. The van der Waals surface area contributed by atoms with Crippen LogP contribution in [-0.4, -0.2) is 48.1 Å². The van der Waals surface area contributed by atoms with Gasteiger partial charge in [-0.1, -0.05) is 0 Å². The van der Waals surface area contributed by atoms with Crippen molar-refractivity contribution in [3.63, 3.8) is 0 Å². The second-order valence-electron chi connectivity index (χ2n) is 4.91. The van der Waals surface area contributed by atoms with Crippen LogP contribution in [0.1, 0.15) is 25.7 Å². The Hall–Kier alpha value is -1.10.